The molecule has 0 spiro atoms. The number of pyridine rings is 1. The third-order valence-electron chi connectivity index (χ3n) is 14.8. The Balaban J connectivity index is 1.16. The summed E-state index contributed by atoms with van der Waals surface area (Å²) in [6.07, 6.45) is 1.99. The van der Waals surface area contributed by atoms with Crippen LogP contribution in [0.2, 0.25) is 0 Å². The van der Waals surface area contributed by atoms with Gasteiger partial charge in [0.1, 0.15) is 5.58 Å². The van der Waals surface area contributed by atoms with Crippen LogP contribution in [0.25, 0.3) is 105 Å². The largest absolute Gasteiger partial charge is 0.438 e. The van der Waals surface area contributed by atoms with Crippen LogP contribution in [0.15, 0.2) is 205 Å². The predicted octanol–water partition coefficient (Wildman–Crippen LogP) is 15.7. The van der Waals surface area contributed by atoms with E-state index >= 15 is 0 Å². The lowest BCUT2D eigenvalue weighted by atomic mass is 9.59. The number of furan rings is 1. The van der Waals surface area contributed by atoms with Gasteiger partial charge in [-0.05, 0) is 114 Å². The number of nitriles is 1. The van der Waals surface area contributed by atoms with Crippen molar-refractivity contribution >= 4 is 60.2 Å². The van der Waals surface area contributed by atoms with E-state index in [9.17, 15) is 5.26 Å². The molecule has 0 N–H and O–H groups in total. The lowest BCUT2D eigenvalue weighted by Gasteiger charge is -2.43. The Morgan fingerprint density at radius 2 is 0.985 bits per heavy atom. The van der Waals surface area contributed by atoms with Crippen molar-refractivity contribution in [1.29, 1.82) is 5.26 Å². The summed E-state index contributed by atoms with van der Waals surface area (Å²) >= 11 is 0. The molecule has 4 heteroatoms. The van der Waals surface area contributed by atoms with E-state index in [1.54, 1.807) is 0 Å². The molecule has 16 rings (SSSR count). The first-order valence-corrected chi connectivity index (χ1v) is 22.7. The highest BCUT2D eigenvalue weighted by atomic mass is 16.3. The molecule has 4 heterocycles. The molecule has 0 unspecified atom stereocenters. The van der Waals surface area contributed by atoms with Crippen LogP contribution in [0.4, 0.5) is 0 Å². The maximum absolute atomic E-state index is 11.2. The van der Waals surface area contributed by atoms with Gasteiger partial charge in [0, 0.05) is 38.8 Å². The molecule has 4 aromatic heterocycles. The van der Waals surface area contributed by atoms with Gasteiger partial charge in [-0.3, -0.25) is 0 Å². The molecular formula is C62H35N3O. The molecule has 0 radical (unpaired) electrons. The lowest BCUT2D eigenvalue weighted by Crippen LogP contribution is -2.28. The molecule has 0 aliphatic heterocycles. The standard InChI is InChI=1S/C62H35N3O/c63-33-40-32-50-57(60-54(40)55-41-22-10-12-24-43(41)56(60)44-25-13-11-23-42(44)55)48-30-39(31-49-58-51(65(50)61(48)49)34-64-62-59(58)45-26-14-15-27-52(45)66-62)53-46(36-18-6-2-7-19-36)28-38(35-16-4-1-5-17-35)29-47(53)37-20-8-3-9-21-37/h1-32,34,55-56H. The molecular weight excluding hydrogens is 803 g/mol. The molecule has 0 amide bonds. The van der Waals surface area contributed by atoms with Gasteiger partial charge in [-0.2, -0.15) is 5.26 Å². The van der Waals surface area contributed by atoms with E-state index in [0.29, 0.717) is 5.71 Å². The van der Waals surface area contributed by atoms with Crippen molar-refractivity contribution in [2.75, 3.05) is 0 Å². The van der Waals surface area contributed by atoms with Crippen LogP contribution in [-0.2, 0) is 0 Å². The second kappa shape index (κ2) is 13.1. The second-order valence-electron chi connectivity index (χ2n) is 18.0. The first kappa shape index (κ1) is 35.7. The van der Waals surface area contributed by atoms with Crippen molar-refractivity contribution in [3.05, 3.63) is 239 Å². The molecule has 13 aromatic rings. The van der Waals surface area contributed by atoms with Gasteiger partial charge in [0.25, 0.3) is 0 Å². The quantitative estimate of drug-likeness (QED) is 0.177. The summed E-state index contributed by atoms with van der Waals surface area (Å²) in [5, 5.41) is 17.9. The average Bonchev–Trinajstić information content (AvgIpc) is 4.05. The topological polar surface area (TPSA) is 54.2 Å². The number of para-hydroxylation sites is 1. The molecule has 3 aliphatic carbocycles. The first-order chi connectivity index (χ1) is 32.7. The Bertz CT molecular complexity index is 4120. The van der Waals surface area contributed by atoms with Gasteiger partial charge in [0.2, 0.25) is 5.71 Å². The van der Waals surface area contributed by atoms with Gasteiger partial charge in [-0.25, -0.2) is 4.98 Å². The first-order valence-electron chi connectivity index (χ1n) is 22.7. The van der Waals surface area contributed by atoms with E-state index in [1.807, 2.05) is 18.3 Å². The molecule has 2 bridgehead atoms. The van der Waals surface area contributed by atoms with E-state index < -0.39 is 0 Å². The van der Waals surface area contributed by atoms with Gasteiger partial charge in [-0.1, -0.05) is 158 Å². The molecule has 304 valence electrons. The maximum Gasteiger partial charge on any atom is 0.228 e. The number of rotatable bonds is 4. The van der Waals surface area contributed by atoms with E-state index in [0.717, 1.165) is 88.2 Å². The van der Waals surface area contributed by atoms with Crippen LogP contribution in [-0.4, -0.2) is 9.38 Å². The monoisotopic (exact) mass is 837 g/mol. The third-order valence-corrected chi connectivity index (χ3v) is 14.8. The Morgan fingerprint density at radius 1 is 0.455 bits per heavy atom. The van der Waals surface area contributed by atoms with Gasteiger partial charge in [0.05, 0.1) is 39.8 Å². The van der Waals surface area contributed by atoms with Crippen LogP contribution in [0.3, 0.4) is 0 Å². The smallest absolute Gasteiger partial charge is 0.228 e. The van der Waals surface area contributed by atoms with E-state index in [4.69, 9.17) is 9.40 Å². The Hall–Kier alpha value is -8.78. The van der Waals surface area contributed by atoms with Gasteiger partial charge >= 0.3 is 0 Å². The number of aromatic nitrogens is 2. The summed E-state index contributed by atoms with van der Waals surface area (Å²) in [5.41, 5.74) is 22.2. The van der Waals surface area contributed by atoms with Crippen LogP contribution >= 0.6 is 0 Å². The summed E-state index contributed by atoms with van der Waals surface area (Å²) in [4.78, 5) is 5.05. The summed E-state index contributed by atoms with van der Waals surface area (Å²) in [7, 11) is 0. The summed E-state index contributed by atoms with van der Waals surface area (Å²) in [5.74, 6) is -0.0900. The molecule has 0 saturated carbocycles. The predicted molar refractivity (Wildman–Crippen MR) is 267 cm³/mol. The summed E-state index contributed by atoms with van der Waals surface area (Å²) in [6.45, 7) is 0. The van der Waals surface area contributed by atoms with Crippen LogP contribution in [0.5, 0.6) is 0 Å². The van der Waals surface area contributed by atoms with Gasteiger partial charge < -0.3 is 8.82 Å². The fourth-order valence-electron chi connectivity index (χ4n) is 12.2. The van der Waals surface area contributed by atoms with Crippen LogP contribution in [0.1, 0.15) is 50.8 Å². The molecule has 0 fully saturated rings. The zero-order valence-corrected chi connectivity index (χ0v) is 35.5. The minimum atomic E-state index is -0.0498. The normalized spacial score (nSPS) is 15.0. The minimum Gasteiger partial charge on any atom is -0.438 e. The van der Waals surface area contributed by atoms with Crippen molar-refractivity contribution < 1.29 is 4.42 Å². The second-order valence-corrected chi connectivity index (χ2v) is 18.0. The van der Waals surface area contributed by atoms with Crippen LogP contribution in [0, 0.1) is 11.3 Å². The van der Waals surface area contributed by atoms with Gasteiger partial charge in [-0.15, -0.1) is 0 Å². The van der Waals surface area contributed by atoms with E-state index in [1.165, 1.54) is 49.7 Å². The zero-order chi connectivity index (χ0) is 43.2. The Morgan fingerprint density at radius 3 is 1.59 bits per heavy atom. The molecule has 0 atom stereocenters. The number of benzene rings is 9. The van der Waals surface area contributed by atoms with Crippen molar-refractivity contribution in [3.63, 3.8) is 0 Å². The Kier molecular flexibility index (Phi) is 7.10. The Labute approximate surface area is 379 Å². The van der Waals surface area contributed by atoms with Crippen molar-refractivity contribution in [3.8, 4) is 50.6 Å². The fourth-order valence-corrected chi connectivity index (χ4v) is 12.2. The fraction of sp³-hybridized carbons (Fsp3) is 0.0323. The maximum atomic E-state index is 11.2. The van der Waals surface area contributed by atoms with E-state index in [2.05, 4.69) is 192 Å². The average molecular weight is 838 g/mol. The molecule has 9 aromatic carbocycles. The number of hydrogen-bond acceptors (Lipinski definition) is 3. The lowest BCUT2D eigenvalue weighted by molar-refractivity contribution is 0.654. The highest BCUT2D eigenvalue weighted by Crippen LogP contribution is 2.60. The molecule has 3 aliphatic rings. The van der Waals surface area contributed by atoms with E-state index in [-0.39, 0.29) is 11.8 Å². The number of hydrogen-bond donors (Lipinski definition) is 0. The van der Waals surface area contributed by atoms with Crippen LogP contribution < -0.4 is 0 Å². The highest BCUT2D eigenvalue weighted by molar-refractivity contribution is 6.33. The van der Waals surface area contributed by atoms with Gasteiger partial charge in [0.15, 0.2) is 0 Å². The number of nitrogens with zero attached hydrogens (tertiary/aromatic N) is 3. The van der Waals surface area contributed by atoms with Crippen molar-refractivity contribution in [2.45, 2.75) is 11.8 Å². The molecule has 0 saturated heterocycles. The highest BCUT2D eigenvalue weighted by Gasteiger charge is 2.44. The summed E-state index contributed by atoms with van der Waals surface area (Å²) in [6, 6.07) is 73.1. The minimum absolute atomic E-state index is 0.0402. The molecule has 66 heavy (non-hydrogen) atoms. The zero-order valence-electron chi connectivity index (χ0n) is 35.5. The third kappa shape index (κ3) is 4.63. The summed E-state index contributed by atoms with van der Waals surface area (Å²) < 4.78 is 8.91. The van der Waals surface area contributed by atoms with Crippen molar-refractivity contribution in [2.24, 2.45) is 0 Å². The number of fused-ring (bicyclic) bond motifs is 10. The van der Waals surface area contributed by atoms with Crippen molar-refractivity contribution in [1.82, 2.24) is 9.38 Å². The molecule has 4 nitrogen and oxygen atoms in total. The SMILES string of the molecule is N#Cc1cc2c(c3c1C1c4ccccc4C3c3ccccc31)c1cc(-c3c(-c4ccccc4)cc(-c4ccccc4)cc3-c3ccccc3)cc3c4c5c(ncc4n2c13)oc1ccccc15.